The summed E-state index contributed by atoms with van der Waals surface area (Å²) in [7, 11) is 0. The fraction of sp³-hybridized carbons (Fsp3) is 0.889. The molecule has 2 atom stereocenters. The van der Waals surface area contributed by atoms with Gasteiger partial charge in [-0.25, -0.2) is 0 Å². The SMILES string of the molecule is C[C@@H]1CC(=O)N2[C@@H]1COC2(C)C. The van der Waals surface area contributed by atoms with E-state index in [4.69, 9.17) is 4.74 Å². The molecule has 2 fully saturated rings. The molecule has 0 aromatic rings. The van der Waals surface area contributed by atoms with E-state index in [2.05, 4.69) is 6.92 Å². The van der Waals surface area contributed by atoms with Crippen LogP contribution in [0.15, 0.2) is 0 Å². The predicted molar refractivity (Wildman–Crippen MR) is 44.4 cm³/mol. The molecule has 2 saturated heterocycles. The van der Waals surface area contributed by atoms with Gasteiger partial charge in [-0.3, -0.25) is 4.79 Å². The third kappa shape index (κ3) is 0.891. The third-order valence-electron chi connectivity index (χ3n) is 2.94. The number of amides is 1. The van der Waals surface area contributed by atoms with Crippen molar-refractivity contribution in [2.75, 3.05) is 6.61 Å². The van der Waals surface area contributed by atoms with Gasteiger partial charge in [-0.15, -0.1) is 0 Å². The highest BCUT2D eigenvalue weighted by Crippen LogP contribution is 2.37. The van der Waals surface area contributed by atoms with Gasteiger partial charge in [0.15, 0.2) is 0 Å². The highest BCUT2D eigenvalue weighted by molar-refractivity contribution is 5.80. The van der Waals surface area contributed by atoms with Crippen molar-refractivity contribution in [1.82, 2.24) is 4.90 Å². The Balaban J connectivity index is 2.29. The van der Waals surface area contributed by atoms with Gasteiger partial charge in [0.1, 0.15) is 5.72 Å². The van der Waals surface area contributed by atoms with Crippen LogP contribution < -0.4 is 0 Å². The zero-order chi connectivity index (χ0) is 8.93. The molecular formula is C9H15NO2. The quantitative estimate of drug-likeness (QED) is 0.541. The van der Waals surface area contributed by atoms with Crippen LogP contribution in [0.1, 0.15) is 27.2 Å². The fourth-order valence-electron chi connectivity index (χ4n) is 2.25. The van der Waals surface area contributed by atoms with E-state index in [0.717, 1.165) is 0 Å². The van der Waals surface area contributed by atoms with E-state index in [0.29, 0.717) is 25.0 Å². The van der Waals surface area contributed by atoms with E-state index >= 15 is 0 Å². The van der Waals surface area contributed by atoms with Gasteiger partial charge in [0.25, 0.3) is 0 Å². The van der Waals surface area contributed by atoms with Gasteiger partial charge in [-0.2, -0.15) is 0 Å². The summed E-state index contributed by atoms with van der Waals surface area (Å²) in [6.45, 7) is 6.75. The highest BCUT2D eigenvalue weighted by atomic mass is 16.5. The Morgan fingerprint density at radius 3 is 2.83 bits per heavy atom. The first kappa shape index (κ1) is 8.05. The van der Waals surface area contributed by atoms with Crippen LogP contribution in [0.25, 0.3) is 0 Å². The van der Waals surface area contributed by atoms with Crippen LogP contribution in [-0.2, 0) is 9.53 Å². The van der Waals surface area contributed by atoms with Crippen LogP contribution in [-0.4, -0.2) is 29.2 Å². The highest BCUT2D eigenvalue weighted by Gasteiger charge is 2.50. The predicted octanol–water partition coefficient (Wildman–Crippen LogP) is 0.990. The lowest BCUT2D eigenvalue weighted by Crippen LogP contribution is -2.43. The number of rotatable bonds is 0. The first-order valence-corrected chi connectivity index (χ1v) is 4.48. The van der Waals surface area contributed by atoms with E-state index < -0.39 is 0 Å². The standard InChI is InChI=1S/C9H15NO2/c1-6-4-8(11)10-7(6)5-12-9(10,2)3/h6-7H,4-5H2,1-3H3/t6-,7-/m1/s1. The Kier molecular flexibility index (Phi) is 1.49. The maximum Gasteiger partial charge on any atom is 0.225 e. The lowest BCUT2D eigenvalue weighted by Gasteiger charge is -2.29. The lowest BCUT2D eigenvalue weighted by atomic mass is 10.0. The average Bonchev–Trinajstić information content (AvgIpc) is 2.37. The van der Waals surface area contributed by atoms with Crippen molar-refractivity contribution < 1.29 is 9.53 Å². The number of hydrogen-bond donors (Lipinski definition) is 0. The zero-order valence-corrected chi connectivity index (χ0v) is 7.83. The molecule has 3 nitrogen and oxygen atoms in total. The van der Waals surface area contributed by atoms with Crippen molar-refractivity contribution in [3.05, 3.63) is 0 Å². The summed E-state index contributed by atoms with van der Waals surface area (Å²) in [6.07, 6.45) is 0.692. The number of fused-ring (bicyclic) bond motifs is 1. The molecule has 0 saturated carbocycles. The second-order valence-electron chi connectivity index (χ2n) is 4.27. The second-order valence-corrected chi connectivity index (χ2v) is 4.27. The largest absolute Gasteiger partial charge is 0.354 e. The number of carbonyl (C=O) groups excluding carboxylic acids is 1. The van der Waals surface area contributed by atoms with E-state index in [-0.39, 0.29) is 11.6 Å². The van der Waals surface area contributed by atoms with Crippen LogP contribution in [0.4, 0.5) is 0 Å². The van der Waals surface area contributed by atoms with Crippen LogP contribution in [0.2, 0.25) is 0 Å². The maximum absolute atomic E-state index is 11.5. The molecule has 0 N–H and O–H groups in total. The molecule has 1 amide bonds. The number of carbonyl (C=O) groups is 1. The van der Waals surface area contributed by atoms with Gasteiger partial charge in [0, 0.05) is 6.42 Å². The van der Waals surface area contributed by atoms with Crippen molar-refractivity contribution in [2.24, 2.45) is 5.92 Å². The molecule has 0 unspecified atom stereocenters. The molecule has 0 radical (unpaired) electrons. The molecule has 0 aliphatic carbocycles. The first-order chi connectivity index (χ1) is 5.52. The molecule has 0 bridgehead atoms. The van der Waals surface area contributed by atoms with Crippen LogP contribution in [0.5, 0.6) is 0 Å². The normalized spacial score (nSPS) is 38.9. The Bertz CT molecular complexity index is 225. The van der Waals surface area contributed by atoms with Crippen molar-refractivity contribution in [3.8, 4) is 0 Å². The van der Waals surface area contributed by atoms with Crippen molar-refractivity contribution >= 4 is 5.91 Å². The third-order valence-corrected chi connectivity index (χ3v) is 2.94. The number of nitrogens with zero attached hydrogens (tertiary/aromatic N) is 1. The van der Waals surface area contributed by atoms with Crippen LogP contribution >= 0.6 is 0 Å². The van der Waals surface area contributed by atoms with Crippen molar-refractivity contribution in [2.45, 2.75) is 39.0 Å². The van der Waals surface area contributed by atoms with E-state index in [1.807, 2.05) is 18.7 Å². The molecule has 0 spiro atoms. The summed E-state index contributed by atoms with van der Waals surface area (Å²) in [4.78, 5) is 13.4. The molecule has 0 aromatic carbocycles. The summed E-state index contributed by atoms with van der Waals surface area (Å²) in [6, 6.07) is 0.326. The Labute approximate surface area is 72.7 Å². The average molecular weight is 169 g/mol. The van der Waals surface area contributed by atoms with Gasteiger partial charge in [0.2, 0.25) is 5.91 Å². The van der Waals surface area contributed by atoms with Crippen molar-refractivity contribution in [1.29, 1.82) is 0 Å². The second kappa shape index (κ2) is 2.22. The summed E-state index contributed by atoms with van der Waals surface area (Å²) in [5.74, 6) is 0.703. The molecule has 2 heterocycles. The number of hydrogen-bond acceptors (Lipinski definition) is 2. The summed E-state index contributed by atoms with van der Waals surface area (Å²) in [5.41, 5.74) is -0.369. The molecular weight excluding hydrogens is 154 g/mol. The molecule has 3 heteroatoms. The summed E-state index contributed by atoms with van der Waals surface area (Å²) >= 11 is 0. The monoisotopic (exact) mass is 169 g/mol. The Morgan fingerprint density at radius 1 is 1.58 bits per heavy atom. The summed E-state index contributed by atoms with van der Waals surface area (Å²) in [5, 5.41) is 0. The van der Waals surface area contributed by atoms with E-state index in [1.54, 1.807) is 0 Å². The molecule has 2 rings (SSSR count). The molecule has 0 aromatic heterocycles. The van der Waals surface area contributed by atoms with Crippen molar-refractivity contribution in [3.63, 3.8) is 0 Å². The van der Waals surface area contributed by atoms with Gasteiger partial charge < -0.3 is 9.64 Å². The van der Waals surface area contributed by atoms with E-state index in [9.17, 15) is 4.79 Å². The molecule has 2 aliphatic heterocycles. The lowest BCUT2D eigenvalue weighted by molar-refractivity contribution is -0.141. The fourth-order valence-corrected chi connectivity index (χ4v) is 2.25. The molecule has 2 aliphatic rings. The topological polar surface area (TPSA) is 29.5 Å². The minimum atomic E-state index is -0.369. The molecule has 68 valence electrons. The smallest absolute Gasteiger partial charge is 0.225 e. The van der Waals surface area contributed by atoms with Crippen LogP contribution in [0, 0.1) is 5.92 Å². The number of ether oxygens (including phenoxy) is 1. The van der Waals surface area contributed by atoms with Gasteiger partial charge in [0.05, 0.1) is 12.6 Å². The van der Waals surface area contributed by atoms with Gasteiger partial charge in [-0.1, -0.05) is 6.92 Å². The Hall–Kier alpha value is -0.570. The minimum absolute atomic E-state index is 0.245. The summed E-state index contributed by atoms with van der Waals surface area (Å²) < 4.78 is 5.55. The van der Waals surface area contributed by atoms with E-state index in [1.165, 1.54) is 0 Å². The molecule has 12 heavy (non-hydrogen) atoms. The zero-order valence-electron chi connectivity index (χ0n) is 7.83. The minimum Gasteiger partial charge on any atom is -0.354 e. The first-order valence-electron chi connectivity index (χ1n) is 4.48. The maximum atomic E-state index is 11.5. The van der Waals surface area contributed by atoms with Gasteiger partial charge >= 0.3 is 0 Å². The Morgan fingerprint density at radius 2 is 2.25 bits per heavy atom. The van der Waals surface area contributed by atoms with Crippen LogP contribution in [0.3, 0.4) is 0 Å². The van der Waals surface area contributed by atoms with Gasteiger partial charge in [-0.05, 0) is 19.8 Å².